The molecule has 0 N–H and O–H groups in total. The molecule has 20 heavy (non-hydrogen) atoms. The predicted octanol–water partition coefficient (Wildman–Crippen LogP) is 3.45. The van der Waals surface area contributed by atoms with Crippen molar-refractivity contribution in [1.82, 2.24) is 9.97 Å². The van der Waals surface area contributed by atoms with Crippen LogP contribution in [0.5, 0.6) is 0 Å². The molecule has 0 unspecified atom stereocenters. The molecule has 0 saturated carbocycles. The van der Waals surface area contributed by atoms with Gasteiger partial charge in [-0.2, -0.15) is 0 Å². The van der Waals surface area contributed by atoms with Crippen molar-refractivity contribution in [2.24, 2.45) is 0 Å². The van der Waals surface area contributed by atoms with Gasteiger partial charge in [0.25, 0.3) is 0 Å². The number of aromatic nitrogens is 2. The Kier molecular flexibility index (Phi) is 3.66. The molecule has 1 heterocycles. The maximum atomic E-state index is 13.0. The Hall–Kier alpha value is -2.10. The summed E-state index contributed by atoms with van der Waals surface area (Å²) in [6, 6.07) is 6.31. The van der Waals surface area contributed by atoms with Gasteiger partial charge in [-0.3, -0.25) is 4.79 Å². The van der Waals surface area contributed by atoms with E-state index in [1.165, 1.54) is 19.1 Å². The van der Waals surface area contributed by atoms with Crippen LogP contribution >= 0.6 is 0 Å². The Labute approximate surface area is 117 Å². The van der Waals surface area contributed by atoms with E-state index in [9.17, 15) is 9.18 Å². The lowest BCUT2D eigenvalue weighted by Gasteiger charge is -2.24. The lowest BCUT2D eigenvalue weighted by Crippen LogP contribution is -2.23. The highest BCUT2D eigenvalue weighted by atomic mass is 19.1. The van der Waals surface area contributed by atoms with Gasteiger partial charge >= 0.3 is 0 Å². The molecule has 0 aliphatic rings. The normalized spacial score (nSPS) is 11.4. The molecular weight excluding hydrogens is 255 g/mol. The molecule has 2 rings (SSSR count). The van der Waals surface area contributed by atoms with Gasteiger partial charge < -0.3 is 0 Å². The highest BCUT2D eigenvalue weighted by Gasteiger charge is 2.27. The van der Waals surface area contributed by atoms with E-state index in [0.29, 0.717) is 17.1 Å². The van der Waals surface area contributed by atoms with Crippen LogP contribution in [-0.2, 0) is 5.41 Å². The number of ketones is 1. The average molecular weight is 272 g/mol. The van der Waals surface area contributed by atoms with Crippen LogP contribution in [0.1, 0.15) is 48.2 Å². The van der Waals surface area contributed by atoms with E-state index in [-0.39, 0.29) is 11.6 Å². The predicted molar refractivity (Wildman–Crippen MR) is 75.3 cm³/mol. The van der Waals surface area contributed by atoms with Crippen molar-refractivity contribution in [3.05, 3.63) is 58.9 Å². The second-order valence-electron chi connectivity index (χ2n) is 5.38. The van der Waals surface area contributed by atoms with E-state index in [1.54, 1.807) is 25.3 Å². The quantitative estimate of drug-likeness (QED) is 0.804. The summed E-state index contributed by atoms with van der Waals surface area (Å²) in [5.41, 5.74) is 1.67. The van der Waals surface area contributed by atoms with Crippen molar-refractivity contribution in [3.8, 4) is 0 Å². The molecule has 3 nitrogen and oxygen atoms in total. The van der Waals surface area contributed by atoms with Gasteiger partial charge in [-0.05, 0) is 45.4 Å². The zero-order valence-corrected chi connectivity index (χ0v) is 12.1. The second-order valence-corrected chi connectivity index (χ2v) is 5.38. The first kappa shape index (κ1) is 14.3. The van der Waals surface area contributed by atoms with Crippen LogP contribution < -0.4 is 0 Å². The third kappa shape index (κ3) is 2.59. The minimum absolute atomic E-state index is 0.0476. The summed E-state index contributed by atoms with van der Waals surface area (Å²) in [5.74, 6) is 0.300. The zero-order valence-electron chi connectivity index (χ0n) is 12.1. The van der Waals surface area contributed by atoms with Gasteiger partial charge in [-0.15, -0.1) is 0 Å². The lowest BCUT2D eigenvalue weighted by molar-refractivity contribution is 0.101. The number of hydrogen-bond donors (Lipinski definition) is 0. The molecule has 1 aromatic carbocycles. The lowest BCUT2D eigenvalue weighted by atomic mass is 9.83. The Balaban J connectivity index is 2.46. The van der Waals surface area contributed by atoms with Crippen LogP contribution in [0, 0.1) is 12.7 Å². The molecule has 0 bridgehead atoms. The molecule has 0 spiro atoms. The molecule has 4 heteroatoms. The topological polar surface area (TPSA) is 42.9 Å². The number of nitrogens with zero attached hydrogens (tertiary/aromatic N) is 2. The van der Waals surface area contributed by atoms with Crippen LogP contribution in [0.2, 0.25) is 0 Å². The summed E-state index contributed by atoms with van der Waals surface area (Å²) >= 11 is 0. The van der Waals surface area contributed by atoms with Gasteiger partial charge in [0.1, 0.15) is 11.6 Å². The van der Waals surface area contributed by atoms with Gasteiger partial charge in [0, 0.05) is 11.6 Å². The number of hydrogen-bond acceptors (Lipinski definition) is 3. The summed E-state index contributed by atoms with van der Waals surface area (Å²) in [4.78, 5) is 20.2. The fourth-order valence-electron chi connectivity index (χ4n) is 2.11. The minimum Gasteiger partial charge on any atom is -0.294 e. The third-order valence-corrected chi connectivity index (χ3v) is 3.48. The number of rotatable bonds is 3. The Morgan fingerprint density at radius 1 is 1.20 bits per heavy atom. The van der Waals surface area contributed by atoms with Crippen LogP contribution in [0.25, 0.3) is 0 Å². The molecule has 0 aliphatic carbocycles. The molecule has 0 fully saturated rings. The van der Waals surface area contributed by atoms with Crippen molar-refractivity contribution >= 4 is 5.78 Å². The summed E-state index contributed by atoms with van der Waals surface area (Å²) in [6.07, 6.45) is 1.56. The zero-order chi connectivity index (χ0) is 14.9. The molecule has 2 aromatic rings. The first-order chi connectivity index (χ1) is 9.32. The summed E-state index contributed by atoms with van der Waals surface area (Å²) in [6.45, 7) is 7.24. The van der Waals surface area contributed by atoms with Crippen LogP contribution in [-0.4, -0.2) is 15.8 Å². The summed E-state index contributed by atoms with van der Waals surface area (Å²) < 4.78 is 13.0. The molecule has 104 valence electrons. The number of carbonyl (C=O) groups excluding carboxylic acids is 1. The number of Topliss-reactive ketones (excluding diaryl/α,β-unsaturated/α-hetero) is 1. The first-order valence-electron chi connectivity index (χ1n) is 6.43. The highest BCUT2D eigenvalue weighted by molar-refractivity contribution is 5.94. The number of carbonyl (C=O) groups is 1. The average Bonchev–Trinajstić information content (AvgIpc) is 2.38. The van der Waals surface area contributed by atoms with Gasteiger partial charge in [0.15, 0.2) is 5.78 Å². The van der Waals surface area contributed by atoms with Gasteiger partial charge in [0.05, 0.1) is 11.3 Å². The number of halogens is 1. The third-order valence-electron chi connectivity index (χ3n) is 3.48. The van der Waals surface area contributed by atoms with Crippen molar-refractivity contribution in [3.63, 3.8) is 0 Å². The fraction of sp³-hybridized carbons (Fsp3) is 0.312. The Morgan fingerprint density at radius 2 is 1.80 bits per heavy atom. The summed E-state index contributed by atoms with van der Waals surface area (Å²) in [5, 5.41) is 0. The largest absolute Gasteiger partial charge is 0.294 e. The standard InChI is InChI=1S/C16H17FN2O/c1-10-14(11(2)20)9-18-15(19-10)16(3,4)12-5-7-13(17)8-6-12/h5-9H,1-4H3. The van der Waals surface area contributed by atoms with E-state index in [2.05, 4.69) is 9.97 Å². The van der Waals surface area contributed by atoms with Crippen molar-refractivity contribution < 1.29 is 9.18 Å². The van der Waals surface area contributed by atoms with Gasteiger partial charge in [0.2, 0.25) is 0 Å². The van der Waals surface area contributed by atoms with E-state index >= 15 is 0 Å². The maximum Gasteiger partial charge on any atom is 0.163 e. The first-order valence-corrected chi connectivity index (χ1v) is 6.43. The van der Waals surface area contributed by atoms with Crippen LogP contribution in [0.15, 0.2) is 30.5 Å². The fourth-order valence-corrected chi connectivity index (χ4v) is 2.11. The maximum absolute atomic E-state index is 13.0. The molecule has 0 saturated heterocycles. The monoisotopic (exact) mass is 272 g/mol. The molecule has 0 aliphatic heterocycles. The van der Waals surface area contributed by atoms with Crippen molar-refractivity contribution in [2.75, 3.05) is 0 Å². The van der Waals surface area contributed by atoms with E-state index in [0.717, 1.165) is 5.56 Å². The molecule has 0 amide bonds. The van der Waals surface area contributed by atoms with Crippen LogP contribution in [0.3, 0.4) is 0 Å². The molecule has 0 radical (unpaired) electrons. The summed E-state index contributed by atoms with van der Waals surface area (Å²) in [7, 11) is 0. The number of benzene rings is 1. The number of aryl methyl sites for hydroxylation is 1. The minimum atomic E-state index is -0.451. The van der Waals surface area contributed by atoms with E-state index < -0.39 is 5.41 Å². The SMILES string of the molecule is CC(=O)c1cnc(C(C)(C)c2ccc(F)cc2)nc1C. The Bertz CT molecular complexity index is 648. The molecular formula is C16H17FN2O. The molecule has 1 aromatic heterocycles. The second kappa shape index (κ2) is 5.12. The van der Waals surface area contributed by atoms with Crippen molar-refractivity contribution in [2.45, 2.75) is 33.1 Å². The molecule has 0 atom stereocenters. The van der Waals surface area contributed by atoms with Crippen molar-refractivity contribution in [1.29, 1.82) is 0 Å². The van der Waals surface area contributed by atoms with Gasteiger partial charge in [-0.1, -0.05) is 12.1 Å². The van der Waals surface area contributed by atoms with Gasteiger partial charge in [-0.25, -0.2) is 14.4 Å². The van der Waals surface area contributed by atoms with E-state index in [1.807, 2.05) is 13.8 Å². The van der Waals surface area contributed by atoms with E-state index in [4.69, 9.17) is 0 Å². The Morgan fingerprint density at radius 3 is 2.30 bits per heavy atom. The smallest absolute Gasteiger partial charge is 0.163 e. The van der Waals surface area contributed by atoms with Crippen LogP contribution in [0.4, 0.5) is 4.39 Å². The highest BCUT2D eigenvalue weighted by Crippen LogP contribution is 2.29.